The number of hydrogen-bond donors (Lipinski definition) is 0. The monoisotopic (exact) mass is 511 g/mol. The number of carbonyl (C=O) groups is 1. The molecule has 0 bridgehead atoms. The van der Waals surface area contributed by atoms with Crippen molar-refractivity contribution < 1.29 is 27.1 Å². The van der Waals surface area contributed by atoms with Crippen molar-refractivity contribution in [2.24, 2.45) is 0 Å². The molecule has 0 unspecified atom stereocenters. The molecular weight excluding hydrogens is 483 g/mol. The SMILES string of the molecule is COC(=O)c1cccc(O[Si](C)(C)C(C)(C)C)c1[As]S(=O)(=O)c1ccc(OC)cc1. The van der Waals surface area contributed by atoms with E-state index in [0.29, 0.717) is 15.9 Å². The van der Waals surface area contributed by atoms with Crippen LogP contribution in [0.15, 0.2) is 47.4 Å². The summed E-state index contributed by atoms with van der Waals surface area (Å²) in [6.07, 6.45) is 0. The van der Waals surface area contributed by atoms with Crippen LogP contribution in [0.4, 0.5) is 0 Å². The Kier molecular flexibility index (Phi) is 7.48. The third kappa shape index (κ3) is 5.48. The normalized spacial score (nSPS) is 12.8. The molecule has 2 aromatic carbocycles. The Morgan fingerprint density at radius 3 is 2.10 bits per heavy atom. The van der Waals surface area contributed by atoms with Crippen molar-refractivity contribution in [2.45, 2.75) is 43.8 Å². The number of methoxy groups -OCH3 is 2. The third-order valence-corrected chi connectivity index (χ3v) is 15.7. The molecule has 0 aliphatic rings. The van der Waals surface area contributed by atoms with Crippen molar-refractivity contribution in [3.05, 3.63) is 48.0 Å². The summed E-state index contributed by atoms with van der Waals surface area (Å²) in [5.74, 6) is 0.439. The van der Waals surface area contributed by atoms with E-state index in [1.54, 1.807) is 30.3 Å². The van der Waals surface area contributed by atoms with Crippen LogP contribution >= 0.6 is 0 Å². The van der Waals surface area contributed by atoms with E-state index in [-0.39, 0.29) is 15.5 Å². The van der Waals surface area contributed by atoms with Gasteiger partial charge < -0.3 is 0 Å². The Morgan fingerprint density at radius 2 is 1.60 bits per heavy atom. The van der Waals surface area contributed by atoms with Gasteiger partial charge in [-0.15, -0.1) is 0 Å². The molecule has 9 heteroatoms. The molecular formula is C21H28AsO6SSi. The van der Waals surface area contributed by atoms with Crippen molar-refractivity contribution in [2.75, 3.05) is 14.2 Å². The summed E-state index contributed by atoms with van der Waals surface area (Å²) in [5, 5.41) is -0.0864. The Labute approximate surface area is 185 Å². The van der Waals surface area contributed by atoms with E-state index in [0.717, 1.165) is 0 Å². The van der Waals surface area contributed by atoms with E-state index in [1.165, 1.54) is 26.4 Å². The summed E-state index contributed by atoms with van der Waals surface area (Å²) in [5.41, 5.74) is 0.228. The molecule has 0 aliphatic carbocycles. The van der Waals surface area contributed by atoms with Crippen LogP contribution in [-0.4, -0.2) is 51.5 Å². The van der Waals surface area contributed by atoms with E-state index in [1.807, 2.05) is 0 Å². The molecule has 0 N–H and O–H groups in total. The van der Waals surface area contributed by atoms with Gasteiger partial charge in [0, 0.05) is 0 Å². The van der Waals surface area contributed by atoms with Crippen LogP contribution in [0.25, 0.3) is 0 Å². The average molecular weight is 512 g/mol. The second kappa shape index (κ2) is 9.16. The molecule has 0 aliphatic heterocycles. The van der Waals surface area contributed by atoms with Gasteiger partial charge in [0.2, 0.25) is 0 Å². The van der Waals surface area contributed by atoms with Crippen molar-refractivity contribution in [1.29, 1.82) is 0 Å². The van der Waals surface area contributed by atoms with E-state index in [9.17, 15) is 13.2 Å². The van der Waals surface area contributed by atoms with E-state index >= 15 is 0 Å². The molecule has 2 rings (SSSR count). The maximum absolute atomic E-state index is 13.2. The Hall–Kier alpha value is -1.76. The van der Waals surface area contributed by atoms with Crippen LogP contribution in [0, 0.1) is 0 Å². The fourth-order valence-electron chi connectivity index (χ4n) is 2.32. The molecule has 0 saturated carbocycles. The third-order valence-electron chi connectivity index (χ3n) is 5.14. The fourth-order valence-corrected chi connectivity index (χ4v) is 9.28. The van der Waals surface area contributed by atoms with Gasteiger partial charge in [0.15, 0.2) is 0 Å². The van der Waals surface area contributed by atoms with Crippen LogP contribution < -0.4 is 13.5 Å². The van der Waals surface area contributed by atoms with Gasteiger partial charge in [-0.25, -0.2) is 0 Å². The fraction of sp³-hybridized carbons (Fsp3) is 0.381. The zero-order valence-corrected chi connectivity index (χ0v) is 22.0. The summed E-state index contributed by atoms with van der Waals surface area (Å²) in [7, 11) is -3.11. The first kappa shape index (κ1) is 24.5. The van der Waals surface area contributed by atoms with Gasteiger partial charge >= 0.3 is 186 Å². The molecule has 30 heavy (non-hydrogen) atoms. The second-order valence-electron chi connectivity index (χ2n) is 8.25. The van der Waals surface area contributed by atoms with Gasteiger partial charge in [0.25, 0.3) is 0 Å². The van der Waals surface area contributed by atoms with Gasteiger partial charge in [0.1, 0.15) is 0 Å². The van der Waals surface area contributed by atoms with E-state index in [4.69, 9.17) is 13.9 Å². The van der Waals surface area contributed by atoms with Crippen molar-refractivity contribution >= 4 is 41.3 Å². The minimum atomic E-state index is -3.65. The van der Waals surface area contributed by atoms with Gasteiger partial charge in [-0.2, -0.15) is 0 Å². The zero-order valence-electron chi connectivity index (χ0n) is 18.3. The first-order valence-electron chi connectivity index (χ1n) is 9.35. The van der Waals surface area contributed by atoms with Crippen molar-refractivity contribution in [1.82, 2.24) is 0 Å². The molecule has 0 spiro atoms. The maximum atomic E-state index is 13.2. The molecule has 2 aromatic rings. The quantitative estimate of drug-likeness (QED) is 0.418. The molecule has 0 saturated heterocycles. The van der Waals surface area contributed by atoms with Gasteiger partial charge in [0.05, 0.1) is 0 Å². The minimum absolute atomic E-state index is 0.0864. The van der Waals surface area contributed by atoms with Crippen molar-refractivity contribution in [3.63, 3.8) is 0 Å². The molecule has 0 fully saturated rings. The standard InChI is InChI=1S/C21H28AsO6SSi/c1-21(2,3)30(6,7)28-18-10-8-9-17(20(23)27-5)19(18)22-29(24,25)16-13-11-15(26-4)12-14-16/h8-14H,1-7H3. The number of ether oxygens (including phenoxy) is 2. The Bertz CT molecular complexity index is 1010. The zero-order chi connectivity index (χ0) is 22.7. The Balaban J connectivity index is 2.56. The summed E-state index contributed by atoms with van der Waals surface area (Å²) in [4.78, 5) is 12.6. The summed E-state index contributed by atoms with van der Waals surface area (Å²) >= 11 is -1.47. The number of esters is 1. The molecule has 0 atom stereocenters. The number of rotatable bonds is 7. The predicted octanol–water partition coefficient (Wildman–Crippen LogP) is 3.58. The topological polar surface area (TPSA) is 78.9 Å². The van der Waals surface area contributed by atoms with Crippen LogP contribution in [0.3, 0.4) is 0 Å². The molecule has 0 heterocycles. The van der Waals surface area contributed by atoms with Crippen LogP contribution in [0.1, 0.15) is 31.1 Å². The average Bonchev–Trinajstić information content (AvgIpc) is 2.67. The summed E-state index contributed by atoms with van der Waals surface area (Å²) in [6.45, 7) is 10.5. The molecule has 6 nitrogen and oxygen atoms in total. The van der Waals surface area contributed by atoms with E-state index in [2.05, 4.69) is 33.9 Å². The predicted molar refractivity (Wildman–Crippen MR) is 121 cm³/mol. The molecule has 0 aromatic heterocycles. The first-order valence-corrected chi connectivity index (χ1v) is 16.9. The first-order chi connectivity index (χ1) is 13.8. The van der Waals surface area contributed by atoms with Gasteiger partial charge in [-0.05, 0) is 0 Å². The second-order valence-corrected chi connectivity index (χ2v) is 19.7. The van der Waals surface area contributed by atoms with Crippen LogP contribution in [0.5, 0.6) is 11.5 Å². The molecule has 1 radical (unpaired) electrons. The summed E-state index contributed by atoms with van der Waals surface area (Å²) in [6, 6.07) is 11.2. The van der Waals surface area contributed by atoms with E-state index < -0.39 is 37.0 Å². The Morgan fingerprint density at radius 1 is 1.00 bits per heavy atom. The van der Waals surface area contributed by atoms with Crippen LogP contribution in [0.2, 0.25) is 18.1 Å². The van der Waals surface area contributed by atoms with Gasteiger partial charge in [-0.3, -0.25) is 0 Å². The van der Waals surface area contributed by atoms with Gasteiger partial charge in [-0.1, -0.05) is 0 Å². The summed E-state index contributed by atoms with van der Waals surface area (Å²) < 4.78 is 43.2. The molecule has 163 valence electrons. The molecule has 0 amide bonds. The number of carbonyl (C=O) groups excluding carboxylic acids is 1. The van der Waals surface area contributed by atoms with Crippen LogP contribution in [-0.2, 0) is 12.8 Å². The number of benzene rings is 2. The number of hydrogen-bond acceptors (Lipinski definition) is 6. The van der Waals surface area contributed by atoms with Crippen molar-refractivity contribution in [3.8, 4) is 11.5 Å².